The van der Waals surface area contributed by atoms with E-state index < -0.39 is 9.84 Å². The van der Waals surface area contributed by atoms with E-state index in [1.165, 1.54) is 6.07 Å². The van der Waals surface area contributed by atoms with Gasteiger partial charge in [-0.2, -0.15) is 0 Å². The summed E-state index contributed by atoms with van der Waals surface area (Å²) in [7, 11) is -3.12. The fraction of sp³-hybridized carbons (Fsp3) is 0.562. The molecule has 1 saturated heterocycles. The fourth-order valence-corrected chi connectivity index (χ4v) is 3.35. The van der Waals surface area contributed by atoms with Crippen LogP contribution in [-0.2, 0) is 14.6 Å². The molecule has 1 heterocycles. The maximum atomic E-state index is 13.9. The van der Waals surface area contributed by atoms with Crippen LogP contribution in [0.5, 0.6) is 0 Å². The van der Waals surface area contributed by atoms with Gasteiger partial charge in [0.2, 0.25) is 5.91 Å². The second-order valence-corrected chi connectivity index (χ2v) is 8.25. The minimum Gasteiger partial charge on any atom is -0.340 e. The molecule has 23 heavy (non-hydrogen) atoms. The Balaban J connectivity index is 1.88. The summed E-state index contributed by atoms with van der Waals surface area (Å²) in [6, 6.07) is 6.68. The first-order valence-electron chi connectivity index (χ1n) is 7.72. The van der Waals surface area contributed by atoms with Crippen LogP contribution in [0.4, 0.5) is 4.39 Å². The van der Waals surface area contributed by atoms with Gasteiger partial charge in [0.1, 0.15) is 15.7 Å². The molecule has 128 valence electrons. The van der Waals surface area contributed by atoms with Gasteiger partial charge in [0.25, 0.3) is 0 Å². The van der Waals surface area contributed by atoms with E-state index in [2.05, 4.69) is 4.90 Å². The number of carbonyl (C=O) groups is 1. The zero-order chi connectivity index (χ0) is 17.0. The Bertz CT molecular complexity index is 655. The number of carbonyl (C=O) groups excluding carboxylic acids is 1. The number of sulfone groups is 1. The van der Waals surface area contributed by atoms with Gasteiger partial charge < -0.3 is 4.90 Å². The molecule has 0 aliphatic carbocycles. The van der Waals surface area contributed by atoms with Crippen molar-refractivity contribution >= 4 is 15.7 Å². The van der Waals surface area contributed by atoms with Gasteiger partial charge in [0.05, 0.1) is 5.75 Å². The van der Waals surface area contributed by atoms with Crippen molar-refractivity contribution in [3.63, 3.8) is 0 Å². The van der Waals surface area contributed by atoms with E-state index in [1.54, 1.807) is 17.0 Å². The maximum absolute atomic E-state index is 13.9. The summed E-state index contributed by atoms with van der Waals surface area (Å²) >= 11 is 0. The highest BCUT2D eigenvalue weighted by Crippen LogP contribution is 2.24. The van der Waals surface area contributed by atoms with Crippen LogP contribution in [0.2, 0.25) is 0 Å². The van der Waals surface area contributed by atoms with Crippen molar-refractivity contribution in [2.24, 2.45) is 0 Å². The van der Waals surface area contributed by atoms with Crippen LogP contribution in [0.3, 0.4) is 0 Å². The molecular formula is C16H23FN2O3S. The predicted molar refractivity (Wildman–Crippen MR) is 87.3 cm³/mol. The van der Waals surface area contributed by atoms with Crippen molar-refractivity contribution in [3.8, 4) is 0 Å². The lowest BCUT2D eigenvalue weighted by molar-refractivity contribution is -0.132. The molecule has 1 unspecified atom stereocenters. The van der Waals surface area contributed by atoms with Gasteiger partial charge in [-0.1, -0.05) is 18.2 Å². The van der Waals surface area contributed by atoms with Gasteiger partial charge in [-0.25, -0.2) is 12.8 Å². The Labute approximate surface area is 137 Å². The lowest BCUT2D eigenvalue weighted by Crippen LogP contribution is -2.49. The zero-order valence-electron chi connectivity index (χ0n) is 13.5. The summed E-state index contributed by atoms with van der Waals surface area (Å²) in [6.07, 6.45) is 1.16. The Morgan fingerprint density at radius 3 is 2.39 bits per heavy atom. The van der Waals surface area contributed by atoms with E-state index in [-0.39, 0.29) is 29.9 Å². The summed E-state index contributed by atoms with van der Waals surface area (Å²) in [5.41, 5.74) is 0.657. The number of amides is 1. The van der Waals surface area contributed by atoms with Gasteiger partial charge in [-0.15, -0.1) is 0 Å². The molecule has 5 nitrogen and oxygen atoms in total. The summed E-state index contributed by atoms with van der Waals surface area (Å²) in [6.45, 7) is 4.35. The predicted octanol–water partition coefficient (Wildman–Crippen LogP) is 1.47. The summed E-state index contributed by atoms with van der Waals surface area (Å²) in [4.78, 5) is 15.9. The molecule has 1 aromatic carbocycles. The van der Waals surface area contributed by atoms with Crippen molar-refractivity contribution in [1.82, 2.24) is 9.80 Å². The number of rotatable bonds is 5. The highest BCUT2D eigenvalue weighted by Gasteiger charge is 2.26. The smallest absolute Gasteiger partial charge is 0.223 e. The van der Waals surface area contributed by atoms with Crippen LogP contribution >= 0.6 is 0 Å². The number of hydrogen-bond acceptors (Lipinski definition) is 4. The van der Waals surface area contributed by atoms with Crippen LogP contribution in [0.1, 0.15) is 24.9 Å². The molecule has 1 aliphatic rings. The van der Waals surface area contributed by atoms with Gasteiger partial charge in [-0.3, -0.25) is 9.69 Å². The average Bonchev–Trinajstić information content (AvgIpc) is 2.52. The van der Waals surface area contributed by atoms with Crippen molar-refractivity contribution in [2.75, 3.05) is 38.2 Å². The molecule has 1 aliphatic heterocycles. The molecule has 2 rings (SSSR count). The third kappa shape index (κ3) is 5.00. The van der Waals surface area contributed by atoms with Gasteiger partial charge in [0, 0.05) is 50.5 Å². The molecule has 0 spiro atoms. The number of piperazine rings is 1. The van der Waals surface area contributed by atoms with Crippen LogP contribution in [-0.4, -0.2) is 62.3 Å². The largest absolute Gasteiger partial charge is 0.340 e. The van der Waals surface area contributed by atoms with Crippen LogP contribution < -0.4 is 0 Å². The Morgan fingerprint density at radius 2 is 1.83 bits per heavy atom. The van der Waals surface area contributed by atoms with Crippen molar-refractivity contribution in [3.05, 3.63) is 35.6 Å². The fourth-order valence-electron chi connectivity index (χ4n) is 2.80. The first-order valence-corrected chi connectivity index (χ1v) is 9.78. The van der Waals surface area contributed by atoms with Gasteiger partial charge >= 0.3 is 0 Å². The van der Waals surface area contributed by atoms with Crippen LogP contribution in [0.15, 0.2) is 24.3 Å². The normalized spacial score (nSPS) is 18.0. The average molecular weight is 342 g/mol. The van der Waals surface area contributed by atoms with Crippen molar-refractivity contribution in [2.45, 2.75) is 19.4 Å². The monoisotopic (exact) mass is 342 g/mol. The number of nitrogens with zero attached hydrogens (tertiary/aromatic N) is 2. The molecule has 1 atom stereocenters. The topological polar surface area (TPSA) is 57.7 Å². The van der Waals surface area contributed by atoms with Gasteiger partial charge in [0.15, 0.2) is 0 Å². The highest BCUT2D eigenvalue weighted by molar-refractivity contribution is 7.90. The highest BCUT2D eigenvalue weighted by atomic mass is 32.2. The Hall–Kier alpha value is -1.47. The standard InChI is InChI=1S/C16H23FN2O3S/c1-13(14-5-3-4-6-15(14)17)18-8-10-19(11-9-18)16(20)7-12-23(2,21)22/h3-6,13H,7-12H2,1-2H3. The van der Waals surface area contributed by atoms with E-state index in [1.807, 2.05) is 13.0 Å². The lowest BCUT2D eigenvalue weighted by Gasteiger charge is -2.38. The molecule has 1 amide bonds. The Kier molecular flexibility index (Phi) is 5.75. The Morgan fingerprint density at radius 1 is 1.22 bits per heavy atom. The molecule has 0 bridgehead atoms. The van der Waals surface area contributed by atoms with E-state index in [0.717, 1.165) is 6.26 Å². The minimum atomic E-state index is -3.12. The number of benzene rings is 1. The van der Waals surface area contributed by atoms with E-state index in [4.69, 9.17) is 0 Å². The molecule has 0 radical (unpaired) electrons. The zero-order valence-corrected chi connectivity index (χ0v) is 14.4. The molecule has 0 aromatic heterocycles. The van der Waals surface area contributed by atoms with Crippen molar-refractivity contribution in [1.29, 1.82) is 0 Å². The summed E-state index contributed by atoms with van der Waals surface area (Å²) < 4.78 is 36.1. The summed E-state index contributed by atoms with van der Waals surface area (Å²) in [5, 5.41) is 0. The lowest BCUT2D eigenvalue weighted by atomic mass is 10.1. The van der Waals surface area contributed by atoms with Crippen molar-refractivity contribution < 1.29 is 17.6 Å². The molecule has 1 aromatic rings. The molecule has 1 fully saturated rings. The van der Waals surface area contributed by atoms with Crippen LogP contribution in [0.25, 0.3) is 0 Å². The quantitative estimate of drug-likeness (QED) is 0.813. The van der Waals surface area contributed by atoms with E-state index in [9.17, 15) is 17.6 Å². The molecule has 0 N–H and O–H groups in total. The number of halogens is 1. The van der Waals surface area contributed by atoms with Gasteiger partial charge in [-0.05, 0) is 13.0 Å². The third-order valence-corrected chi connectivity index (χ3v) is 5.20. The maximum Gasteiger partial charge on any atom is 0.223 e. The second-order valence-electron chi connectivity index (χ2n) is 5.99. The van der Waals surface area contributed by atoms with E-state index in [0.29, 0.717) is 31.7 Å². The van der Waals surface area contributed by atoms with E-state index >= 15 is 0 Å². The first-order chi connectivity index (χ1) is 10.8. The second kappa shape index (κ2) is 7.40. The summed E-state index contributed by atoms with van der Waals surface area (Å²) in [5.74, 6) is -0.460. The number of hydrogen-bond donors (Lipinski definition) is 0. The molecule has 0 saturated carbocycles. The molecule has 7 heteroatoms. The third-order valence-electron chi connectivity index (χ3n) is 4.26. The molecular weight excluding hydrogens is 319 g/mol. The van der Waals surface area contributed by atoms with Crippen LogP contribution in [0, 0.1) is 5.82 Å². The first kappa shape index (κ1) is 17.9. The minimum absolute atomic E-state index is 0.0295. The SMILES string of the molecule is CC(c1ccccc1F)N1CCN(C(=O)CCS(C)(=O)=O)CC1.